The Morgan fingerprint density at radius 3 is 2.83 bits per heavy atom. The number of amides is 1. The molecule has 0 saturated carbocycles. The van der Waals surface area contributed by atoms with Gasteiger partial charge < -0.3 is 19.4 Å². The summed E-state index contributed by atoms with van der Waals surface area (Å²) in [7, 11) is 1.77. The fourth-order valence-electron chi connectivity index (χ4n) is 2.71. The lowest BCUT2D eigenvalue weighted by molar-refractivity contribution is 0.102. The summed E-state index contributed by atoms with van der Waals surface area (Å²) in [6, 6.07) is 11.3. The topological polar surface area (TPSA) is 52.5 Å². The van der Waals surface area contributed by atoms with Crippen LogP contribution in [0.5, 0.6) is 11.5 Å². The third kappa shape index (κ3) is 2.28. The molecular formula is C17H13FN2O3. The number of nitrogens with zero attached hydrogens (tertiary/aromatic N) is 1. The molecule has 0 fully saturated rings. The van der Waals surface area contributed by atoms with Crippen molar-refractivity contribution in [1.29, 1.82) is 0 Å². The van der Waals surface area contributed by atoms with Crippen molar-refractivity contribution in [3.63, 3.8) is 0 Å². The highest BCUT2D eigenvalue weighted by Crippen LogP contribution is 2.34. The normalized spacial score (nSPS) is 12.6. The molecular weight excluding hydrogens is 299 g/mol. The monoisotopic (exact) mass is 312 g/mol. The SMILES string of the molecule is Cn1c(C(=O)Nc2ccc3c(c2)OCO3)cc2cc(F)ccc21. The number of fused-ring (bicyclic) bond motifs is 2. The van der Waals surface area contributed by atoms with Crippen molar-refractivity contribution in [3.8, 4) is 11.5 Å². The molecule has 1 aliphatic heterocycles. The van der Waals surface area contributed by atoms with Crippen LogP contribution < -0.4 is 14.8 Å². The van der Waals surface area contributed by atoms with Gasteiger partial charge in [0.25, 0.3) is 5.91 Å². The highest BCUT2D eigenvalue weighted by atomic mass is 19.1. The molecule has 1 N–H and O–H groups in total. The second kappa shape index (κ2) is 5.01. The van der Waals surface area contributed by atoms with E-state index in [9.17, 15) is 9.18 Å². The number of hydrogen-bond acceptors (Lipinski definition) is 3. The van der Waals surface area contributed by atoms with Crippen LogP contribution in [0.1, 0.15) is 10.5 Å². The molecule has 0 spiro atoms. The molecule has 23 heavy (non-hydrogen) atoms. The van der Waals surface area contributed by atoms with E-state index in [0.29, 0.717) is 28.3 Å². The van der Waals surface area contributed by atoms with Crippen LogP contribution in [0.2, 0.25) is 0 Å². The predicted octanol–water partition coefficient (Wildman–Crippen LogP) is 3.30. The van der Waals surface area contributed by atoms with Crippen LogP contribution in [-0.4, -0.2) is 17.3 Å². The Balaban J connectivity index is 1.65. The van der Waals surface area contributed by atoms with E-state index in [-0.39, 0.29) is 18.5 Å². The van der Waals surface area contributed by atoms with Gasteiger partial charge in [-0.2, -0.15) is 0 Å². The quantitative estimate of drug-likeness (QED) is 0.790. The van der Waals surface area contributed by atoms with Crippen molar-refractivity contribution in [2.24, 2.45) is 7.05 Å². The Morgan fingerprint density at radius 1 is 1.13 bits per heavy atom. The van der Waals surface area contributed by atoms with Gasteiger partial charge in [0, 0.05) is 29.7 Å². The maximum atomic E-state index is 13.3. The first kappa shape index (κ1) is 13.6. The zero-order valence-corrected chi connectivity index (χ0v) is 12.3. The molecule has 2 aromatic carbocycles. The van der Waals surface area contributed by atoms with E-state index in [0.717, 1.165) is 5.52 Å². The van der Waals surface area contributed by atoms with Gasteiger partial charge in [0.15, 0.2) is 11.5 Å². The summed E-state index contributed by atoms with van der Waals surface area (Å²) in [6.07, 6.45) is 0. The standard InChI is InChI=1S/C17H13FN2O3/c1-20-13-4-2-11(18)6-10(13)7-14(20)17(21)19-12-3-5-15-16(8-12)23-9-22-15/h2-8H,9H2,1H3,(H,19,21). The molecule has 0 radical (unpaired) electrons. The molecule has 0 unspecified atom stereocenters. The summed E-state index contributed by atoms with van der Waals surface area (Å²) >= 11 is 0. The van der Waals surface area contributed by atoms with Gasteiger partial charge >= 0.3 is 0 Å². The van der Waals surface area contributed by atoms with E-state index in [1.165, 1.54) is 12.1 Å². The van der Waals surface area contributed by atoms with Crippen molar-refractivity contribution in [3.05, 3.63) is 54.0 Å². The number of carbonyl (C=O) groups excluding carboxylic acids is 1. The minimum Gasteiger partial charge on any atom is -0.454 e. The maximum Gasteiger partial charge on any atom is 0.272 e. The number of aryl methyl sites for hydroxylation is 1. The molecule has 0 aliphatic carbocycles. The smallest absolute Gasteiger partial charge is 0.272 e. The second-order valence-electron chi connectivity index (χ2n) is 5.31. The van der Waals surface area contributed by atoms with Gasteiger partial charge in [-0.15, -0.1) is 0 Å². The number of aromatic nitrogens is 1. The van der Waals surface area contributed by atoms with Crippen LogP contribution in [0.4, 0.5) is 10.1 Å². The molecule has 5 nitrogen and oxygen atoms in total. The summed E-state index contributed by atoms with van der Waals surface area (Å²) in [6.45, 7) is 0.182. The highest BCUT2D eigenvalue weighted by molar-refractivity contribution is 6.06. The van der Waals surface area contributed by atoms with E-state index < -0.39 is 0 Å². The van der Waals surface area contributed by atoms with Gasteiger partial charge in [-0.1, -0.05) is 0 Å². The number of hydrogen-bond donors (Lipinski definition) is 1. The van der Waals surface area contributed by atoms with E-state index in [4.69, 9.17) is 9.47 Å². The molecule has 0 atom stereocenters. The van der Waals surface area contributed by atoms with E-state index in [1.807, 2.05) is 0 Å². The largest absolute Gasteiger partial charge is 0.454 e. The molecule has 3 aromatic rings. The van der Waals surface area contributed by atoms with E-state index in [1.54, 1.807) is 41.9 Å². The summed E-state index contributed by atoms with van der Waals surface area (Å²) in [4.78, 5) is 12.5. The minimum absolute atomic E-state index is 0.182. The summed E-state index contributed by atoms with van der Waals surface area (Å²) < 4.78 is 25.6. The molecule has 116 valence electrons. The minimum atomic E-state index is -0.328. The van der Waals surface area contributed by atoms with Crippen LogP contribution in [-0.2, 0) is 7.05 Å². The number of nitrogens with one attached hydrogen (secondary N) is 1. The lowest BCUT2D eigenvalue weighted by Crippen LogP contribution is -2.15. The Morgan fingerprint density at radius 2 is 1.96 bits per heavy atom. The zero-order valence-electron chi connectivity index (χ0n) is 12.3. The molecule has 1 aromatic heterocycles. The van der Waals surface area contributed by atoms with Gasteiger partial charge in [0.2, 0.25) is 6.79 Å². The Bertz CT molecular complexity index is 933. The summed E-state index contributed by atoms with van der Waals surface area (Å²) in [5, 5.41) is 3.50. The van der Waals surface area contributed by atoms with Crippen molar-refractivity contribution in [2.75, 3.05) is 12.1 Å². The Labute approximate surface area is 131 Å². The molecule has 0 bridgehead atoms. The molecule has 1 amide bonds. The first-order chi connectivity index (χ1) is 11.1. The zero-order chi connectivity index (χ0) is 16.0. The fraction of sp³-hybridized carbons (Fsp3) is 0.118. The molecule has 2 heterocycles. The maximum absolute atomic E-state index is 13.3. The van der Waals surface area contributed by atoms with Gasteiger partial charge in [-0.05, 0) is 36.4 Å². The van der Waals surface area contributed by atoms with Crippen LogP contribution in [0.15, 0.2) is 42.5 Å². The molecule has 4 rings (SSSR count). The first-order valence-electron chi connectivity index (χ1n) is 7.08. The third-order valence-electron chi connectivity index (χ3n) is 3.87. The van der Waals surface area contributed by atoms with Gasteiger partial charge in [-0.3, -0.25) is 4.79 Å². The number of anilines is 1. The van der Waals surface area contributed by atoms with Crippen LogP contribution in [0.25, 0.3) is 10.9 Å². The lowest BCUT2D eigenvalue weighted by Gasteiger charge is -2.07. The average Bonchev–Trinajstić information content (AvgIpc) is 3.11. The molecule has 6 heteroatoms. The number of rotatable bonds is 2. The van der Waals surface area contributed by atoms with Crippen molar-refractivity contribution >= 4 is 22.5 Å². The summed E-state index contributed by atoms with van der Waals surface area (Å²) in [5.41, 5.74) is 1.85. The number of benzene rings is 2. The average molecular weight is 312 g/mol. The molecule has 0 saturated heterocycles. The van der Waals surface area contributed by atoms with Crippen molar-refractivity contribution < 1.29 is 18.7 Å². The van der Waals surface area contributed by atoms with Crippen LogP contribution in [0, 0.1) is 5.82 Å². The van der Waals surface area contributed by atoms with Crippen molar-refractivity contribution in [2.45, 2.75) is 0 Å². The van der Waals surface area contributed by atoms with Gasteiger partial charge in [0.1, 0.15) is 11.5 Å². The Hall–Kier alpha value is -3.02. The number of ether oxygens (including phenoxy) is 2. The van der Waals surface area contributed by atoms with E-state index in [2.05, 4.69) is 5.32 Å². The Kier molecular flexibility index (Phi) is 2.97. The number of carbonyl (C=O) groups is 1. The second-order valence-corrected chi connectivity index (χ2v) is 5.31. The fourth-order valence-corrected chi connectivity index (χ4v) is 2.71. The summed E-state index contributed by atoms with van der Waals surface area (Å²) in [5.74, 6) is 0.652. The molecule has 1 aliphatic rings. The first-order valence-corrected chi connectivity index (χ1v) is 7.08. The highest BCUT2D eigenvalue weighted by Gasteiger charge is 2.17. The lowest BCUT2D eigenvalue weighted by atomic mass is 10.2. The predicted molar refractivity (Wildman–Crippen MR) is 83.4 cm³/mol. The third-order valence-corrected chi connectivity index (χ3v) is 3.87. The van der Waals surface area contributed by atoms with Gasteiger partial charge in [-0.25, -0.2) is 4.39 Å². The van der Waals surface area contributed by atoms with E-state index >= 15 is 0 Å². The number of halogens is 1. The van der Waals surface area contributed by atoms with Gasteiger partial charge in [0.05, 0.1) is 0 Å². The van der Waals surface area contributed by atoms with Crippen molar-refractivity contribution in [1.82, 2.24) is 4.57 Å². The van der Waals surface area contributed by atoms with Crippen LogP contribution >= 0.6 is 0 Å². The van der Waals surface area contributed by atoms with Crippen LogP contribution in [0.3, 0.4) is 0 Å².